The molecule has 0 aliphatic heterocycles. The van der Waals surface area contributed by atoms with Gasteiger partial charge in [-0.15, -0.1) is 0 Å². The molecule has 1 aromatic rings. The number of aliphatic carboxylic acids is 1. The van der Waals surface area contributed by atoms with Crippen LogP contribution < -0.4 is 0 Å². The van der Waals surface area contributed by atoms with Gasteiger partial charge in [0.15, 0.2) is 0 Å². The van der Waals surface area contributed by atoms with Gasteiger partial charge in [-0.3, -0.25) is 4.79 Å². The maximum Gasteiger partial charge on any atom is 0.307 e. The van der Waals surface area contributed by atoms with Crippen LogP contribution in [0.1, 0.15) is 6.92 Å². The number of carbonyl (C=O) groups is 1. The summed E-state index contributed by atoms with van der Waals surface area (Å²) in [5, 5.41) is 8.91. The fraction of sp³-hybridized carbons (Fsp3) is 0.364. The molecule has 0 saturated carbocycles. The zero-order valence-electron chi connectivity index (χ0n) is 10.3. The van der Waals surface area contributed by atoms with E-state index in [0.29, 0.717) is 4.47 Å². The van der Waals surface area contributed by atoms with E-state index in [0.717, 1.165) is 4.31 Å². The quantitative estimate of drug-likeness (QED) is 0.864. The molecule has 0 bridgehead atoms. The molecule has 1 N–H and O–H groups in total. The highest BCUT2D eigenvalue weighted by Crippen LogP contribution is 2.27. The minimum absolute atomic E-state index is 0.0522. The van der Waals surface area contributed by atoms with Crippen LogP contribution in [0.3, 0.4) is 0 Å². The summed E-state index contributed by atoms with van der Waals surface area (Å²) in [4.78, 5) is 10.7. The van der Waals surface area contributed by atoms with Gasteiger partial charge in [-0.1, -0.05) is 34.5 Å². The molecule has 0 aliphatic carbocycles. The fourth-order valence-corrected chi connectivity index (χ4v) is 3.67. The monoisotopic (exact) mass is 369 g/mol. The lowest BCUT2D eigenvalue weighted by Crippen LogP contribution is -2.33. The third-order valence-corrected chi connectivity index (χ3v) is 5.33. The van der Waals surface area contributed by atoms with Crippen LogP contribution in [-0.4, -0.2) is 37.4 Å². The second-order valence-corrected chi connectivity index (χ2v) is 7.44. The molecule has 0 spiro atoms. The average molecular weight is 371 g/mol. The van der Waals surface area contributed by atoms with Crippen LogP contribution in [0.5, 0.6) is 0 Å². The molecule has 1 rings (SSSR count). The molecule has 1 aromatic carbocycles. The number of carboxylic acids is 1. The molecule has 0 aromatic heterocycles. The summed E-state index contributed by atoms with van der Waals surface area (Å²) in [6, 6.07) is 4.48. The van der Waals surface area contributed by atoms with Gasteiger partial charge in [0.2, 0.25) is 10.0 Å². The predicted molar refractivity (Wildman–Crippen MR) is 75.8 cm³/mol. The Kier molecular flexibility index (Phi) is 5.37. The minimum atomic E-state index is -3.81. The number of benzene rings is 1. The number of halogens is 2. The van der Waals surface area contributed by atoms with Crippen LogP contribution in [0.2, 0.25) is 5.02 Å². The van der Waals surface area contributed by atoms with E-state index in [1.165, 1.54) is 26.1 Å². The van der Waals surface area contributed by atoms with Crippen LogP contribution in [0.15, 0.2) is 27.6 Å². The van der Waals surface area contributed by atoms with Crippen molar-refractivity contribution in [2.24, 2.45) is 5.92 Å². The van der Waals surface area contributed by atoms with Gasteiger partial charge in [0.1, 0.15) is 4.90 Å². The Labute approximate surface area is 125 Å². The Morgan fingerprint density at radius 3 is 2.63 bits per heavy atom. The van der Waals surface area contributed by atoms with Crippen LogP contribution in [-0.2, 0) is 14.8 Å². The lowest BCUT2D eigenvalue weighted by Gasteiger charge is -2.20. The summed E-state index contributed by atoms with van der Waals surface area (Å²) in [6.07, 6.45) is 0. The molecule has 5 nitrogen and oxygen atoms in total. The van der Waals surface area contributed by atoms with E-state index in [9.17, 15) is 13.2 Å². The number of sulfonamides is 1. The first-order valence-corrected chi connectivity index (χ1v) is 7.91. The van der Waals surface area contributed by atoms with Crippen molar-refractivity contribution in [2.45, 2.75) is 11.8 Å². The van der Waals surface area contributed by atoms with Crippen molar-refractivity contribution in [1.29, 1.82) is 0 Å². The first kappa shape index (κ1) is 16.4. The third-order valence-electron chi connectivity index (χ3n) is 2.53. The lowest BCUT2D eigenvalue weighted by atomic mass is 10.2. The summed E-state index contributed by atoms with van der Waals surface area (Å²) in [5.41, 5.74) is 0. The van der Waals surface area contributed by atoms with Crippen molar-refractivity contribution in [1.82, 2.24) is 4.31 Å². The number of hydrogen-bond acceptors (Lipinski definition) is 3. The molecule has 0 radical (unpaired) electrons. The fourth-order valence-electron chi connectivity index (χ4n) is 1.40. The molecule has 0 aliphatic rings. The molecule has 0 heterocycles. The van der Waals surface area contributed by atoms with Gasteiger partial charge in [0.05, 0.1) is 10.9 Å². The van der Waals surface area contributed by atoms with Crippen LogP contribution in [0.4, 0.5) is 0 Å². The number of carboxylic acid groups (broad SMARTS) is 1. The van der Waals surface area contributed by atoms with Crippen LogP contribution in [0.25, 0.3) is 0 Å². The highest BCUT2D eigenvalue weighted by molar-refractivity contribution is 9.10. The van der Waals surface area contributed by atoms with Crippen molar-refractivity contribution >= 4 is 43.5 Å². The number of rotatable bonds is 5. The molecule has 0 amide bonds. The molecule has 0 fully saturated rings. The van der Waals surface area contributed by atoms with Crippen molar-refractivity contribution < 1.29 is 18.3 Å². The Morgan fingerprint density at radius 2 is 2.11 bits per heavy atom. The van der Waals surface area contributed by atoms with Gasteiger partial charge < -0.3 is 5.11 Å². The van der Waals surface area contributed by atoms with E-state index in [-0.39, 0.29) is 16.5 Å². The lowest BCUT2D eigenvalue weighted by molar-refractivity contribution is -0.141. The van der Waals surface area contributed by atoms with Crippen molar-refractivity contribution in [3.05, 3.63) is 27.7 Å². The van der Waals surface area contributed by atoms with Crippen LogP contribution in [0, 0.1) is 5.92 Å². The Morgan fingerprint density at radius 1 is 1.53 bits per heavy atom. The first-order valence-electron chi connectivity index (χ1n) is 5.30. The molecule has 19 heavy (non-hydrogen) atoms. The number of nitrogens with zero attached hydrogens (tertiary/aromatic N) is 1. The summed E-state index contributed by atoms with van der Waals surface area (Å²) in [6.45, 7) is 1.32. The normalized spacial score (nSPS) is 13.5. The van der Waals surface area contributed by atoms with Gasteiger partial charge >= 0.3 is 5.97 Å². The van der Waals surface area contributed by atoms with E-state index in [1.54, 1.807) is 6.07 Å². The Balaban J connectivity index is 3.10. The van der Waals surface area contributed by atoms with E-state index in [2.05, 4.69) is 15.9 Å². The van der Waals surface area contributed by atoms with Crippen molar-refractivity contribution in [3.8, 4) is 0 Å². The third kappa shape index (κ3) is 3.92. The predicted octanol–water partition coefficient (Wildman–Crippen LogP) is 2.44. The average Bonchev–Trinajstić information content (AvgIpc) is 2.31. The van der Waals surface area contributed by atoms with Crippen molar-refractivity contribution in [3.63, 3.8) is 0 Å². The molecule has 0 saturated heterocycles. The maximum absolute atomic E-state index is 12.3. The summed E-state index contributed by atoms with van der Waals surface area (Å²) < 4.78 is 26.1. The summed E-state index contributed by atoms with van der Waals surface area (Å²) in [5.74, 6) is -1.85. The summed E-state index contributed by atoms with van der Waals surface area (Å²) >= 11 is 9.06. The Hall–Kier alpha value is -0.630. The molecular weight excluding hydrogens is 358 g/mol. The second kappa shape index (κ2) is 6.21. The van der Waals surface area contributed by atoms with Gasteiger partial charge in [-0.2, -0.15) is 0 Å². The molecular formula is C11H13BrClNO4S. The van der Waals surface area contributed by atoms with E-state index in [1.807, 2.05) is 0 Å². The highest BCUT2D eigenvalue weighted by atomic mass is 79.9. The van der Waals surface area contributed by atoms with Gasteiger partial charge in [0, 0.05) is 18.1 Å². The standard InChI is InChI=1S/C11H13BrClNO4S/c1-7(11(15)16)6-14(2)19(17,18)10-5-8(12)3-4-9(10)13/h3-5,7H,6H2,1-2H3,(H,15,16). The topological polar surface area (TPSA) is 74.7 Å². The largest absolute Gasteiger partial charge is 0.481 e. The summed E-state index contributed by atoms with van der Waals surface area (Å²) in [7, 11) is -2.49. The van der Waals surface area contributed by atoms with Gasteiger partial charge in [-0.25, -0.2) is 12.7 Å². The Bertz CT molecular complexity index is 590. The SMILES string of the molecule is CC(CN(C)S(=O)(=O)c1cc(Br)ccc1Cl)C(=O)O. The molecule has 8 heteroatoms. The van der Waals surface area contributed by atoms with Gasteiger partial charge in [-0.05, 0) is 18.2 Å². The molecule has 1 atom stereocenters. The zero-order valence-corrected chi connectivity index (χ0v) is 13.5. The molecule has 106 valence electrons. The number of hydrogen-bond donors (Lipinski definition) is 1. The first-order chi connectivity index (χ1) is 8.66. The second-order valence-electron chi connectivity index (χ2n) is 4.10. The highest BCUT2D eigenvalue weighted by Gasteiger charge is 2.26. The maximum atomic E-state index is 12.3. The molecule has 1 unspecified atom stereocenters. The van der Waals surface area contributed by atoms with Gasteiger partial charge in [0.25, 0.3) is 0 Å². The van der Waals surface area contributed by atoms with E-state index < -0.39 is 21.9 Å². The van der Waals surface area contributed by atoms with E-state index in [4.69, 9.17) is 16.7 Å². The smallest absolute Gasteiger partial charge is 0.307 e. The van der Waals surface area contributed by atoms with Crippen molar-refractivity contribution in [2.75, 3.05) is 13.6 Å². The van der Waals surface area contributed by atoms with E-state index >= 15 is 0 Å². The van der Waals surface area contributed by atoms with Crippen LogP contribution >= 0.6 is 27.5 Å². The minimum Gasteiger partial charge on any atom is -0.481 e. The zero-order chi connectivity index (χ0) is 14.8.